The molecule has 0 fully saturated rings. The van der Waals surface area contributed by atoms with Gasteiger partial charge in [0.15, 0.2) is 0 Å². The fraction of sp³-hybridized carbons (Fsp3) is 0.188. The maximum Gasteiger partial charge on any atom is 0.431 e. The first kappa shape index (κ1) is 19.9. The van der Waals surface area contributed by atoms with Crippen molar-refractivity contribution in [1.82, 2.24) is 9.13 Å². The summed E-state index contributed by atoms with van der Waals surface area (Å²) in [5, 5.41) is 11.1. The first-order valence-corrected chi connectivity index (χ1v) is 7.66. The molecule has 2 aromatic heterocycles. The molecule has 0 atom stereocenters. The monoisotopic (exact) mass is 413 g/mol. The van der Waals surface area contributed by atoms with E-state index in [0.29, 0.717) is 4.57 Å². The molecule has 0 aliphatic heterocycles. The molecule has 0 saturated heterocycles. The highest BCUT2D eigenvalue weighted by Crippen LogP contribution is 2.31. The van der Waals surface area contributed by atoms with Gasteiger partial charge in [-0.25, -0.2) is 14.2 Å². The van der Waals surface area contributed by atoms with E-state index in [1.165, 1.54) is 0 Å². The number of aromatic nitrogens is 2. The van der Waals surface area contributed by atoms with Crippen LogP contribution < -0.4 is 11.2 Å². The van der Waals surface area contributed by atoms with Crippen LogP contribution in [0.1, 0.15) is 16.1 Å². The Morgan fingerprint density at radius 1 is 1.24 bits per heavy atom. The zero-order chi connectivity index (χ0) is 21.7. The molecule has 0 aliphatic rings. The Labute approximate surface area is 157 Å². The predicted molar refractivity (Wildman–Crippen MR) is 90.0 cm³/mol. The van der Waals surface area contributed by atoms with Crippen molar-refractivity contribution >= 4 is 22.6 Å². The number of rotatable bonds is 3. The van der Waals surface area contributed by atoms with E-state index in [1.807, 2.05) is 0 Å². The highest BCUT2D eigenvalue weighted by atomic mass is 19.4. The minimum Gasteiger partial charge on any atom is -0.465 e. The van der Waals surface area contributed by atoms with E-state index in [0.717, 1.165) is 32.6 Å². The minimum atomic E-state index is -4.94. The van der Waals surface area contributed by atoms with Crippen molar-refractivity contribution in [3.8, 4) is 5.69 Å². The van der Waals surface area contributed by atoms with Gasteiger partial charge in [0.1, 0.15) is 23.1 Å². The van der Waals surface area contributed by atoms with E-state index in [1.54, 1.807) is 0 Å². The number of hydrogen-bond acceptors (Lipinski definition) is 7. The van der Waals surface area contributed by atoms with E-state index in [9.17, 15) is 37.7 Å². The molecule has 3 aromatic rings. The molecule has 0 aliphatic carbocycles. The maximum absolute atomic E-state index is 13.0. The van der Waals surface area contributed by atoms with Crippen LogP contribution in [0.3, 0.4) is 0 Å². The number of ether oxygens (including phenoxy) is 1. The van der Waals surface area contributed by atoms with Crippen LogP contribution in [0.2, 0.25) is 0 Å². The fourth-order valence-electron chi connectivity index (χ4n) is 2.77. The molecular weight excluding hydrogens is 403 g/mol. The molecule has 0 radical (unpaired) electrons. The van der Waals surface area contributed by atoms with Gasteiger partial charge in [-0.2, -0.15) is 13.2 Å². The van der Waals surface area contributed by atoms with Crippen molar-refractivity contribution in [3.05, 3.63) is 66.7 Å². The molecule has 0 spiro atoms. The maximum atomic E-state index is 13.0. The molecule has 0 amide bonds. The number of nitrogens with zero attached hydrogens (tertiary/aromatic N) is 3. The predicted octanol–water partition coefficient (Wildman–Crippen LogP) is 2.00. The number of halogens is 3. The zero-order valence-corrected chi connectivity index (χ0v) is 14.6. The molecule has 0 saturated carbocycles. The summed E-state index contributed by atoms with van der Waals surface area (Å²) in [4.78, 5) is 46.9. The van der Waals surface area contributed by atoms with Gasteiger partial charge in [-0.05, 0) is 6.07 Å². The first-order valence-electron chi connectivity index (χ1n) is 7.66. The number of alkyl halides is 3. The van der Waals surface area contributed by atoms with E-state index >= 15 is 0 Å². The molecule has 13 heteroatoms. The van der Waals surface area contributed by atoms with Crippen LogP contribution in [0.5, 0.6) is 0 Å². The number of benzene rings is 1. The van der Waals surface area contributed by atoms with Crippen molar-refractivity contribution in [1.29, 1.82) is 0 Å². The summed E-state index contributed by atoms with van der Waals surface area (Å²) >= 11 is 0. The Kier molecular flexibility index (Phi) is 4.53. The van der Waals surface area contributed by atoms with Gasteiger partial charge >= 0.3 is 17.8 Å². The summed E-state index contributed by atoms with van der Waals surface area (Å²) in [5.41, 5.74) is -5.70. The van der Waals surface area contributed by atoms with Crippen LogP contribution >= 0.6 is 0 Å². The lowest BCUT2D eigenvalue weighted by atomic mass is 10.1. The van der Waals surface area contributed by atoms with E-state index < -0.39 is 45.3 Å². The van der Waals surface area contributed by atoms with Gasteiger partial charge in [-0.15, -0.1) is 0 Å². The van der Waals surface area contributed by atoms with Crippen molar-refractivity contribution in [3.63, 3.8) is 0 Å². The SMILES string of the molecule is COC(=O)c1cc2c(-n3c(=O)cc(C(F)(F)F)n(C)c3=O)coc2cc1[N+](=O)[O-]. The third-order valence-corrected chi connectivity index (χ3v) is 4.12. The number of carbonyl (C=O) groups is 1. The normalized spacial score (nSPS) is 11.6. The average molecular weight is 413 g/mol. The lowest BCUT2D eigenvalue weighted by Gasteiger charge is -2.13. The minimum absolute atomic E-state index is 0.0880. The van der Waals surface area contributed by atoms with E-state index in [-0.39, 0.29) is 27.3 Å². The number of nitro groups is 1. The second-order valence-corrected chi connectivity index (χ2v) is 5.78. The second kappa shape index (κ2) is 6.61. The van der Waals surface area contributed by atoms with E-state index in [4.69, 9.17) is 4.42 Å². The average Bonchev–Trinajstić information content (AvgIpc) is 3.05. The molecule has 2 heterocycles. The molecule has 0 bridgehead atoms. The number of methoxy groups -OCH3 is 1. The number of nitro benzene ring substituents is 1. The second-order valence-electron chi connectivity index (χ2n) is 5.78. The van der Waals surface area contributed by atoms with Crippen LogP contribution in [0.4, 0.5) is 18.9 Å². The molecule has 0 unspecified atom stereocenters. The number of furan rings is 1. The van der Waals surface area contributed by atoms with Crippen LogP contribution in [0.15, 0.2) is 38.5 Å². The summed E-state index contributed by atoms with van der Waals surface area (Å²) in [6, 6.07) is 2.07. The zero-order valence-electron chi connectivity index (χ0n) is 14.6. The van der Waals surface area contributed by atoms with Crippen molar-refractivity contribution in [2.45, 2.75) is 6.18 Å². The van der Waals surface area contributed by atoms with Crippen LogP contribution in [0.25, 0.3) is 16.7 Å². The molecule has 1 aromatic carbocycles. The standard InChI is InChI=1S/C16H10F3N3O7/c1-20-12(16(17,18)19)5-13(23)21(15(20)25)10-6-29-11-4-9(22(26)27)8(3-7(10)11)14(24)28-2/h3-6H,1-2H3. The smallest absolute Gasteiger partial charge is 0.431 e. The Morgan fingerprint density at radius 3 is 2.45 bits per heavy atom. The van der Waals surface area contributed by atoms with Gasteiger partial charge in [-0.1, -0.05) is 0 Å². The Bertz CT molecular complexity index is 1280. The summed E-state index contributed by atoms with van der Waals surface area (Å²) in [6.45, 7) is 0. The third-order valence-electron chi connectivity index (χ3n) is 4.12. The Morgan fingerprint density at radius 2 is 1.90 bits per heavy atom. The quantitative estimate of drug-likeness (QED) is 0.365. The van der Waals surface area contributed by atoms with Gasteiger partial charge in [0.25, 0.3) is 11.2 Å². The van der Waals surface area contributed by atoms with Crippen LogP contribution in [-0.4, -0.2) is 27.1 Å². The molecule has 3 rings (SSSR count). The summed E-state index contributed by atoms with van der Waals surface area (Å²) in [7, 11) is 1.82. The number of hydrogen-bond donors (Lipinski definition) is 0. The molecule has 152 valence electrons. The third kappa shape index (κ3) is 3.15. The summed E-state index contributed by atoms with van der Waals surface area (Å²) in [6.07, 6.45) is -4.07. The van der Waals surface area contributed by atoms with Gasteiger partial charge in [0, 0.05) is 18.5 Å². The molecule has 0 N–H and O–H groups in total. The Balaban J connectivity index is 2.37. The molecule has 10 nitrogen and oxygen atoms in total. The number of esters is 1. The lowest BCUT2D eigenvalue weighted by Crippen LogP contribution is -2.40. The Hall–Kier alpha value is -3.90. The van der Waals surface area contributed by atoms with E-state index in [2.05, 4.69) is 4.74 Å². The molecule has 29 heavy (non-hydrogen) atoms. The lowest BCUT2D eigenvalue weighted by molar-refractivity contribution is -0.385. The first-order chi connectivity index (χ1) is 13.5. The van der Waals surface area contributed by atoms with Crippen molar-refractivity contribution < 1.29 is 32.0 Å². The highest BCUT2D eigenvalue weighted by molar-refractivity contribution is 6.01. The summed E-state index contributed by atoms with van der Waals surface area (Å²) < 4.78 is 49.2. The largest absolute Gasteiger partial charge is 0.465 e. The van der Waals surface area contributed by atoms with Gasteiger partial charge in [-0.3, -0.25) is 19.5 Å². The number of carbonyl (C=O) groups excluding carboxylic acids is 1. The van der Waals surface area contributed by atoms with Crippen LogP contribution in [-0.2, 0) is 18.0 Å². The highest BCUT2D eigenvalue weighted by Gasteiger charge is 2.35. The van der Waals surface area contributed by atoms with Crippen LogP contribution in [0, 0.1) is 10.1 Å². The van der Waals surface area contributed by atoms with Gasteiger partial charge in [0.2, 0.25) is 0 Å². The molecular formula is C16H10F3N3O7. The topological polar surface area (TPSA) is 127 Å². The van der Waals surface area contributed by atoms with Crippen molar-refractivity contribution in [2.24, 2.45) is 7.05 Å². The van der Waals surface area contributed by atoms with Gasteiger partial charge in [0.05, 0.1) is 23.8 Å². The number of fused-ring (bicyclic) bond motifs is 1. The fourth-order valence-corrected chi connectivity index (χ4v) is 2.77. The van der Waals surface area contributed by atoms with Crippen molar-refractivity contribution in [2.75, 3.05) is 7.11 Å². The van der Waals surface area contributed by atoms with Gasteiger partial charge < -0.3 is 9.15 Å². The summed E-state index contributed by atoms with van der Waals surface area (Å²) in [5.74, 6) is -1.07.